The highest BCUT2D eigenvalue weighted by atomic mass is 32.2. The van der Waals surface area contributed by atoms with Crippen molar-refractivity contribution < 1.29 is 19.1 Å². The van der Waals surface area contributed by atoms with Crippen LogP contribution in [0.4, 0.5) is 10.5 Å². The minimum absolute atomic E-state index is 0.283. The van der Waals surface area contributed by atoms with Gasteiger partial charge in [0.05, 0.1) is 0 Å². The van der Waals surface area contributed by atoms with Gasteiger partial charge in [-0.2, -0.15) is 11.8 Å². The molecule has 0 aliphatic rings. The van der Waals surface area contributed by atoms with E-state index in [9.17, 15) is 14.4 Å². The molecular weight excluding hydrogens is 522 g/mol. The van der Waals surface area contributed by atoms with E-state index in [1.165, 1.54) is 0 Å². The summed E-state index contributed by atoms with van der Waals surface area (Å²) in [5.74, 6) is 0.0843. The minimum Gasteiger partial charge on any atom is -0.444 e. The largest absolute Gasteiger partial charge is 0.444 e. The zero-order chi connectivity index (χ0) is 30.0. The second-order valence-corrected chi connectivity index (χ2v) is 12.4. The van der Waals surface area contributed by atoms with Crippen molar-refractivity contribution in [3.63, 3.8) is 0 Å². The third kappa shape index (κ3) is 9.58. The normalized spacial score (nSPS) is 12.8. The molecule has 8 heteroatoms. The number of carbonyl (C=O) groups excluding carboxylic acids is 3. The van der Waals surface area contributed by atoms with Crippen LogP contribution >= 0.6 is 11.8 Å². The maximum atomic E-state index is 14.3. The molecule has 0 aromatic heterocycles. The van der Waals surface area contributed by atoms with E-state index >= 15 is 0 Å². The average Bonchev–Trinajstić information content (AvgIpc) is 2.85. The number of hydrogen-bond acceptors (Lipinski definition) is 5. The van der Waals surface area contributed by atoms with Crippen LogP contribution in [0.2, 0.25) is 0 Å². The third-order valence-electron chi connectivity index (χ3n) is 6.64. The Bertz CT molecular complexity index is 1150. The van der Waals surface area contributed by atoms with Crippen molar-refractivity contribution in [2.24, 2.45) is 0 Å². The van der Waals surface area contributed by atoms with Crippen molar-refractivity contribution >= 4 is 35.4 Å². The van der Waals surface area contributed by atoms with Gasteiger partial charge in [-0.05, 0) is 95.6 Å². The number of rotatable bonds is 12. The Labute approximate surface area is 244 Å². The molecule has 0 saturated heterocycles. The lowest BCUT2D eigenvalue weighted by Crippen LogP contribution is -2.53. The van der Waals surface area contributed by atoms with Crippen LogP contribution in [0.5, 0.6) is 0 Å². The Balaban J connectivity index is 2.60. The fourth-order valence-electron chi connectivity index (χ4n) is 4.62. The van der Waals surface area contributed by atoms with Gasteiger partial charge in [0.2, 0.25) is 5.91 Å². The first-order valence-corrected chi connectivity index (χ1v) is 15.4. The number of aryl methyl sites for hydroxylation is 4. The summed E-state index contributed by atoms with van der Waals surface area (Å²) in [4.78, 5) is 42.9. The van der Waals surface area contributed by atoms with Gasteiger partial charge in [-0.25, -0.2) is 4.79 Å². The highest BCUT2D eigenvalue weighted by Crippen LogP contribution is 2.30. The number of anilines is 1. The van der Waals surface area contributed by atoms with Crippen LogP contribution in [-0.4, -0.2) is 53.0 Å². The molecule has 0 spiro atoms. The van der Waals surface area contributed by atoms with Gasteiger partial charge in [0.25, 0.3) is 5.91 Å². The molecule has 2 atom stereocenters. The number of nitrogens with one attached hydrogen (secondary N) is 2. The molecule has 0 radical (unpaired) electrons. The van der Waals surface area contributed by atoms with Crippen LogP contribution in [0.15, 0.2) is 36.4 Å². The standard InChI is InChI=1S/C32H47N3O4S/c1-10-11-18-35(30(37)26(17-19-40-9)33-31(38)39-32(6,7)8)28(25-16-15-21(2)20-24(25)5)29(36)34-27-22(3)13-12-14-23(27)4/h12-16,20,26,28H,10-11,17-19H2,1-9H3,(H,33,38)(H,34,36). The number of ether oxygens (including phenoxy) is 1. The monoisotopic (exact) mass is 569 g/mol. The minimum atomic E-state index is -0.879. The molecule has 2 rings (SSSR count). The molecule has 0 aliphatic carbocycles. The van der Waals surface area contributed by atoms with E-state index in [0.29, 0.717) is 25.1 Å². The molecule has 0 bridgehead atoms. The summed E-state index contributed by atoms with van der Waals surface area (Å²) >= 11 is 1.60. The van der Waals surface area contributed by atoms with Crippen molar-refractivity contribution in [3.05, 3.63) is 64.2 Å². The first kappa shape index (κ1) is 33.2. The molecule has 0 saturated carbocycles. The number of nitrogens with zero attached hydrogens (tertiary/aromatic N) is 1. The predicted molar refractivity (Wildman–Crippen MR) is 166 cm³/mol. The van der Waals surface area contributed by atoms with Crippen LogP contribution in [0.3, 0.4) is 0 Å². The Morgan fingerprint density at radius 1 is 1.00 bits per heavy atom. The van der Waals surface area contributed by atoms with Crippen molar-refractivity contribution in [2.75, 3.05) is 23.9 Å². The lowest BCUT2D eigenvalue weighted by Gasteiger charge is -2.35. The molecule has 0 fully saturated rings. The van der Waals surface area contributed by atoms with Gasteiger partial charge in [0.1, 0.15) is 17.7 Å². The van der Waals surface area contributed by atoms with Gasteiger partial charge in [0.15, 0.2) is 0 Å². The maximum absolute atomic E-state index is 14.3. The number of amides is 3. The highest BCUT2D eigenvalue weighted by Gasteiger charge is 2.37. The number of benzene rings is 2. The Morgan fingerprint density at radius 2 is 1.65 bits per heavy atom. The van der Waals surface area contributed by atoms with Crippen LogP contribution in [0.1, 0.15) is 80.8 Å². The van der Waals surface area contributed by atoms with Crippen LogP contribution in [0.25, 0.3) is 0 Å². The molecule has 0 heterocycles. The Hall–Kier alpha value is -3.00. The van der Waals surface area contributed by atoms with E-state index < -0.39 is 23.8 Å². The van der Waals surface area contributed by atoms with Crippen molar-refractivity contribution in [2.45, 2.75) is 92.3 Å². The molecule has 3 amide bonds. The lowest BCUT2D eigenvalue weighted by molar-refractivity contribution is -0.141. The van der Waals surface area contributed by atoms with E-state index in [-0.39, 0.29) is 11.8 Å². The Morgan fingerprint density at radius 3 is 2.20 bits per heavy atom. The molecule has 7 nitrogen and oxygen atoms in total. The first-order valence-electron chi connectivity index (χ1n) is 14.0. The molecule has 220 valence electrons. The van der Waals surface area contributed by atoms with E-state index in [4.69, 9.17) is 4.74 Å². The summed E-state index contributed by atoms with van der Waals surface area (Å²) in [5.41, 5.74) is 4.71. The molecule has 2 N–H and O–H groups in total. The van der Waals surface area contributed by atoms with Crippen LogP contribution in [-0.2, 0) is 14.3 Å². The smallest absolute Gasteiger partial charge is 0.408 e. The molecule has 2 aromatic carbocycles. The molecule has 2 aromatic rings. The van der Waals surface area contributed by atoms with Crippen molar-refractivity contribution in [1.82, 2.24) is 10.2 Å². The maximum Gasteiger partial charge on any atom is 0.408 e. The number of unbranched alkanes of at least 4 members (excludes halogenated alkanes) is 1. The Kier molecular flexibility index (Phi) is 12.6. The first-order chi connectivity index (χ1) is 18.8. The number of para-hydroxylation sites is 1. The van der Waals surface area contributed by atoms with Crippen LogP contribution < -0.4 is 10.6 Å². The van der Waals surface area contributed by atoms with E-state index in [1.807, 2.05) is 70.3 Å². The summed E-state index contributed by atoms with van der Waals surface area (Å²) in [6.07, 6.45) is 3.29. The second-order valence-electron chi connectivity index (χ2n) is 11.4. The quantitative estimate of drug-likeness (QED) is 0.291. The summed E-state index contributed by atoms with van der Waals surface area (Å²) in [6, 6.07) is 10.1. The summed E-state index contributed by atoms with van der Waals surface area (Å²) in [5, 5.41) is 5.94. The third-order valence-corrected chi connectivity index (χ3v) is 7.29. The molecular formula is C32H47N3O4S. The lowest BCUT2D eigenvalue weighted by atomic mass is 9.95. The zero-order valence-electron chi connectivity index (χ0n) is 25.6. The van der Waals surface area contributed by atoms with E-state index in [2.05, 4.69) is 17.6 Å². The van der Waals surface area contributed by atoms with Crippen LogP contribution in [0, 0.1) is 27.7 Å². The highest BCUT2D eigenvalue weighted by molar-refractivity contribution is 7.98. The van der Waals surface area contributed by atoms with Gasteiger partial charge in [-0.3, -0.25) is 9.59 Å². The number of alkyl carbamates (subject to hydrolysis) is 1. The molecule has 2 unspecified atom stereocenters. The van der Waals surface area contributed by atoms with Gasteiger partial charge in [-0.15, -0.1) is 0 Å². The SMILES string of the molecule is CCCCN(C(=O)C(CCSC)NC(=O)OC(C)(C)C)C(C(=O)Nc1c(C)cccc1C)c1ccc(C)cc1C. The summed E-state index contributed by atoms with van der Waals surface area (Å²) in [7, 11) is 0. The van der Waals surface area contributed by atoms with E-state index in [0.717, 1.165) is 39.9 Å². The topological polar surface area (TPSA) is 87.7 Å². The molecule has 40 heavy (non-hydrogen) atoms. The number of carbonyl (C=O) groups is 3. The predicted octanol–water partition coefficient (Wildman–Crippen LogP) is 6.88. The number of hydrogen-bond donors (Lipinski definition) is 2. The van der Waals surface area contributed by atoms with Gasteiger partial charge in [-0.1, -0.05) is 55.3 Å². The molecule has 0 aliphatic heterocycles. The van der Waals surface area contributed by atoms with Gasteiger partial charge in [0, 0.05) is 12.2 Å². The fourth-order valence-corrected chi connectivity index (χ4v) is 5.10. The fraction of sp³-hybridized carbons (Fsp3) is 0.531. The number of thioether (sulfide) groups is 1. The van der Waals surface area contributed by atoms with Gasteiger partial charge >= 0.3 is 6.09 Å². The summed E-state index contributed by atoms with van der Waals surface area (Å²) < 4.78 is 5.48. The van der Waals surface area contributed by atoms with Gasteiger partial charge < -0.3 is 20.3 Å². The zero-order valence-corrected chi connectivity index (χ0v) is 26.5. The summed E-state index contributed by atoms with van der Waals surface area (Å²) in [6.45, 7) is 15.7. The second kappa shape index (κ2) is 15.1. The van der Waals surface area contributed by atoms with E-state index in [1.54, 1.807) is 37.4 Å². The van der Waals surface area contributed by atoms with Crippen molar-refractivity contribution in [1.29, 1.82) is 0 Å². The van der Waals surface area contributed by atoms with Crippen molar-refractivity contribution in [3.8, 4) is 0 Å². The average molecular weight is 570 g/mol.